The molecule has 21 heavy (non-hydrogen) atoms. The summed E-state index contributed by atoms with van der Waals surface area (Å²) in [6.07, 6.45) is -3.96. The first-order chi connectivity index (χ1) is 9.95. The lowest BCUT2D eigenvalue weighted by Crippen LogP contribution is -2.26. The number of nitrogens with zero attached hydrogens (tertiary/aromatic N) is 2. The Kier molecular flexibility index (Phi) is 3.44. The fraction of sp³-hybridized carbons (Fsp3) is 0.357. The smallest absolute Gasteiger partial charge is 0.312 e. The van der Waals surface area contributed by atoms with Gasteiger partial charge in [-0.25, -0.2) is 4.39 Å². The van der Waals surface area contributed by atoms with Crippen molar-refractivity contribution >= 4 is 0 Å². The van der Waals surface area contributed by atoms with Gasteiger partial charge in [0.2, 0.25) is 0 Å². The highest BCUT2D eigenvalue weighted by Gasteiger charge is 2.39. The Morgan fingerprint density at radius 3 is 2.57 bits per heavy atom. The van der Waals surface area contributed by atoms with Crippen LogP contribution in [0.3, 0.4) is 0 Å². The fourth-order valence-corrected chi connectivity index (χ4v) is 2.54. The molecule has 1 aromatic heterocycles. The van der Waals surface area contributed by atoms with Crippen molar-refractivity contribution in [3.63, 3.8) is 0 Å². The monoisotopic (exact) mass is 299 g/mol. The first kappa shape index (κ1) is 14.1. The normalized spacial score (nSPS) is 15.0. The van der Waals surface area contributed by atoms with Gasteiger partial charge in [-0.15, -0.1) is 0 Å². The number of benzene rings is 1. The summed E-state index contributed by atoms with van der Waals surface area (Å²) in [5, 5.41) is 6.67. The summed E-state index contributed by atoms with van der Waals surface area (Å²) < 4.78 is 53.3. The molecule has 0 saturated heterocycles. The zero-order chi connectivity index (χ0) is 15.0. The number of aromatic nitrogens is 2. The van der Waals surface area contributed by atoms with E-state index in [0.29, 0.717) is 24.2 Å². The highest BCUT2D eigenvalue weighted by molar-refractivity contribution is 5.31. The predicted molar refractivity (Wildman–Crippen MR) is 68.1 cm³/mol. The van der Waals surface area contributed by atoms with Crippen LogP contribution in [0.15, 0.2) is 24.3 Å². The average molecular weight is 299 g/mol. The van der Waals surface area contributed by atoms with Gasteiger partial charge in [0.05, 0.1) is 6.54 Å². The van der Waals surface area contributed by atoms with Crippen molar-refractivity contribution in [2.75, 3.05) is 6.54 Å². The van der Waals surface area contributed by atoms with E-state index in [2.05, 4.69) is 10.4 Å². The van der Waals surface area contributed by atoms with Gasteiger partial charge in [-0.1, -0.05) is 12.1 Å². The molecule has 3 nitrogen and oxygen atoms in total. The van der Waals surface area contributed by atoms with Gasteiger partial charge in [0.1, 0.15) is 5.82 Å². The van der Waals surface area contributed by atoms with Crippen LogP contribution in [-0.2, 0) is 25.7 Å². The molecule has 7 heteroatoms. The number of alkyl halides is 3. The fourth-order valence-electron chi connectivity index (χ4n) is 2.54. The van der Waals surface area contributed by atoms with Crippen molar-refractivity contribution in [1.29, 1.82) is 0 Å². The second kappa shape index (κ2) is 5.14. The minimum atomic E-state index is -4.46. The number of nitrogens with one attached hydrogen (secondary N) is 1. The van der Waals surface area contributed by atoms with Gasteiger partial charge in [0.25, 0.3) is 0 Å². The van der Waals surface area contributed by atoms with Gasteiger partial charge in [-0.05, 0) is 17.7 Å². The third kappa shape index (κ3) is 2.78. The zero-order valence-electron chi connectivity index (χ0n) is 11.0. The SMILES string of the molecule is Fc1ccc(Cn2nc(C(F)(F)F)c3c2CCNC3)cc1. The molecule has 112 valence electrons. The van der Waals surface area contributed by atoms with E-state index in [4.69, 9.17) is 0 Å². The molecular weight excluding hydrogens is 286 g/mol. The molecule has 1 N–H and O–H groups in total. The van der Waals surface area contributed by atoms with E-state index in [9.17, 15) is 17.6 Å². The predicted octanol–water partition coefficient (Wildman–Crippen LogP) is 2.74. The molecule has 0 saturated carbocycles. The third-order valence-electron chi connectivity index (χ3n) is 3.52. The molecule has 0 radical (unpaired) electrons. The van der Waals surface area contributed by atoms with Crippen molar-refractivity contribution in [3.05, 3.63) is 52.6 Å². The quantitative estimate of drug-likeness (QED) is 0.864. The topological polar surface area (TPSA) is 29.9 Å². The molecule has 0 spiro atoms. The molecule has 3 rings (SSSR count). The van der Waals surface area contributed by atoms with Crippen molar-refractivity contribution in [2.45, 2.75) is 25.7 Å². The van der Waals surface area contributed by atoms with Crippen LogP contribution >= 0.6 is 0 Å². The lowest BCUT2D eigenvalue weighted by Gasteiger charge is -2.16. The number of fused-ring (bicyclic) bond motifs is 1. The molecule has 0 bridgehead atoms. The van der Waals surface area contributed by atoms with Crippen molar-refractivity contribution in [1.82, 2.24) is 15.1 Å². The van der Waals surface area contributed by atoms with E-state index < -0.39 is 11.9 Å². The van der Waals surface area contributed by atoms with Crippen molar-refractivity contribution < 1.29 is 17.6 Å². The number of rotatable bonds is 2. The maximum Gasteiger partial charge on any atom is 0.435 e. The second-order valence-corrected chi connectivity index (χ2v) is 4.98. The number of hydrogen-bond acceptors (Lipinski definition) is 2. The molecule has 0 aliphatic carbocycles. The Hall–Kier alpha value is -1.89. The Bertz CT molecular complexity index is 643. The minimum Gasteiger partial charge on any atom is -0.312 e. The summed E-state index contributed by atoms with van der Waals surface area (Å²) in [5.74, 6) is -0.374. The van der Waals surface area contributed by atoms with Crippen LogP contribution in [0.25, 0.3) is 0 Å². The summed E-state index contributed by atoms with van der Waals surface area (Å²) in [6.45, 7) is 1.01. The molecule has 1 aliphatic rings. The average Bonchev–Trinajstić information content (AvgIpc) is 2.81. The zero-order valence-corrected chi connectivity index (χ0v) is 11.0. The Morgan fingerprint density at radius 1 is 1.19 bits per heavy atom. The van der Waals surface area contributed by atoms with E-state index >= 15 is 0 Å². The summed E-state index contributed by atoms with van der Waals surface area (Å²) in [5.41, 5.74) is 0.710. The van der Waals surface area contributed by atoms with Crippen LogP contribution in [0, 0.1) is 5.82 Å². The van der Waals surface area contributed by atoms with Crippen LogP contribution < -0.4 is 5.32 Å². The van der Waals surface area contributed by atoms with Gasteiger partial charge in [0.15, 0.2) is 5.69 Å². The Morgan fingerprint density at radius 2 is 1.90 bits per heavy atom. The van der Waals surface area contributed by atoms with E-state index in [0.717, 1.165) is 0 Å². The van der Waals surface area contributed by atoms with E-state index in [1.54, 1.807) is 12.1 Å². The van der Waals surface area contributed by atoms with E-state index in [1.165, 1.54) is 16.8 Å². The highest BCUT2D eigenvalue weighted by Crippen LogP contribution is 2.33. The van der Waals surface area contributed by atoms with Crippen LogP contribution in [0.2, 0.25) is 0 Å². The van der Waals surface area contributed by atoms with Gasteiger partial charge in [-0.2, -0.15) is 18.3 Å². The molecule has 0 unspecified atom stereocenters. The Labute approximate surface area is 118 Å². The van der Waals surface area contributed by atoms with Gasteiger partial charge in [0, 0.05) is 30.8 Å². The molecule has 0 amide bonds. The summed E-state index contributed by atoms with van der Waals surface area (Å²) >= 11 is 0. The lowest BCUT2D eigenvalue weighted by atomic mass is 10.1. The van der Waals surface area contributed by atoms with Crippen LogP contribution in [0.4, 0.5) is 17.6 Å². The molecule has 0 atom stereocenters. The van der Waals surface area contributed by atoms with Crippen molar-refractivity contribution in [2.24, 2.45) is 0 Å². The van der Waals surface area contributed by atoms with Crippen LogP contribution in [0.1, 0.15) is 22.5 Å². The maximum atomic E-state index is 13.0. The highest BCUT2D eigenvalue weighted by atomic mass is 19.4. The molecule has 1 aliphatic heterocycles. The van der Waals surface area contributed by atoms with Gasteiger partial charge >= 0.3 is 6.18 Å². The summed E-state index contributed by atoms with van der Waals surface area (Å²) in [6, 6.07) is 5.69. The van der Waals surface area contributed by atoms with E-state index in [1.807, 2.05) is 0 Å². The lowest BCUT2D eigenvalue weighted by molar-refractivity contribution is -0.142. The van der Waals surface area contributed by atoms with E-state index in [-0.39, 0.29) is 24.5 Å². The number of hydrogen-bond donors (Lipinski definition) is 1. The first-order valence-electron chi connectivity index (χ1n) is 6.56. The van der Waals surface area contributed by atoms with Gasteiger partial charge in [-0.3, -0.25) is 4.68 Å². The van der Waals surface area contributed by atoms with Gasteiger partial charge < -0.3 is 5.32 Å². The first-order valence-corrected chi connectivity index (χ1v) is 6.56. The molecule has 2 aromatic rings. The standard InChI is InChI=1S/C14H13F4N3/c15-10-3-1-9(2-4-10)8-21-12-5-6-19-7-11(12)13(20-21)14(16,17)18/h1-4,19H,5-8H2. The minimum absolute atomic E-state index is 0.174. The molecule has 0 fully saturated rings. The molecule has 1 aromatic carbocycles. The second-order valence-electron chi connectivity index (χ2n) is 4.98. The largest absolute Gasteiger partial charge is 0.435 e. The molecule has 2 heterocycles. The Balaban J connectivity index is 1.98. The summed E-state index contributed by atoms with van der Waals surface area (Å²) in [7, 11) is 0. The van der Waals surface area contributed by atoms with Crippen LogP contribution in [0.5, 0.6) is 0 Å². The summed E-state index contributed by atoms with van der Waals surface area (Å²) in [4.78, 5) is 0. The third-order valence-corrected chi connectivity index (χ3v) is 3.52. The van der Waals surface area contributed by atoms with Crippen LogP contribution in [-0.4, -0.2) is 16.3 Å². The van der Waals surface area contributed by atoms with Crippen molar-refractivity contribution in [3.8, 4) is 0 Å². The maximum absolute atomic E-state index is 13.0. The number of halogens is 4. The molecular formula is C14H13F4N3.